The molecule has 1 aliphatic rings. The zero-order valence-electron chi connectivity index (χ0n) is 13.7. The summed E-state index contributed by atoms with van der Waals surface area (Å²) in [7, 11) is 0. The number of benzene rings is 1. The highest BCUT2D eigenvalue weighted by molar-refractivity contribution is 6.06. The third-order valence-electron chi connectivity index (χ3n) is 3.58. The standard InChI is InChI=1S/C16H16F4N4O2/c1-2-12(25)24-15(9-21-6-7-23-15)14(26)22-8-10-4-3-5-11(13(10)17)16(18,19)20/h3-7,9,23H,2,8H2,1H3,(H,22,26)(H,24,25). The Morgan fingerprint density at radius 3 is 2.62 bits per heavy atom. The summed E-state index contributed by atoms with van der Waals surface area (Å²) in [5.41, 5.74) is -3.47. The highest BCUT2D eigenvalue weighted by Crippen LogP contribution is 2.32. The van der Waals surface area contributed by atoms with Gasteiger partial charge in [0.15, 0.2) is 0 Å². The first-order valence-corrected chi connectivity index (χ1v) is 7.60. The Balaban J connectivity index is 2.18. The molecule has 140 valence electrons. The van der Waals surface area contributed by atoms with Crippen molar-refractivity contribution in [3.8, 4) is 0 Å². The molecule has 2 amide bonds. The van der Waals surface area contributed by atoms with Crippen LogP contribution in [0.1, 0.15) is 24.5 Å². The summed E-state index contributed by atoms with van der Waals surface area (Å²) in [6.45, 7) is 1.08. The number of hydrogen-bond acceptors (Lipinski definition) is 4. The lowest BCUT2D eigenvalue weighted by Crippen LogP contribution is -2.67. The second kappa shape index (κ2) is 7.54. The summed E-state index contributed by atoms with van der Waals surface area (Å²) in [4.78, 5) is 27.9. The summed E-state index contributed by atoms with van der Waals surface area (Å²) < 4.78 is 52.3. The van der Waals surface area contributed by atoms with E-state index in [0.29, 0.717) is 6.07 Å². The number of carbonyl (C=O) groups is 2. The van der Waals surface area contributed by atoms with Gasteiger partial charge in [0.25, 0.3) is 5.91 Å². The Morgan fingerprint density at radius 1 is 1.31 bits per heavy atom. The lowest BCUT2D eigenvalue weighted by molar-refractivity contribution is -0.140. The van der Waals surface area contributed by atoms with Gasteiger partial charge in [-0.1, -0.05) is 19.1 Å². The lowest BCUT2D eigenvalue weighted by Gasteiger charge is -2.31. The van der Waals surface area contributed by atoms with Crippen molar-refractivity contribution in [2.24, 2.45) is 4.99 Å². The van der Waals surface area contributed by atoms with E-state index < -0.39 is 41.6 Å². The predicted molar refractivity (Wildman–Crippen MR) is 85.2 cm³/mol. The van der Waals surface area contributed by atoms with Gasteiger partial charge in [-0.05, 0) is 6.07 Å². The monoisotopic (exact) mass is 372 g/mol. The Labute approximate surface area is 146 Å². The molecule has 1 aromatic rings. The summed E-state index contributed by atoms with van der Waals surface area (Å²) in [5.74, 6) is -2.72. The molecule has 0 saturated heterocycles. The van der Waals surface area contributed by atoms with Crippen LogP contribution in [0.2, 0.25) is 0 Å². The van der Waals surface area contributed by atoms with Gasteiger partial charge in [-0.2, -0.15) is 13.2 Å². The second-order valence-corrected chi connectivity index (χ2v) is 5.41. The number of carbonyl (C=O) groups excluding carboxylic acids is 2. The van der Waals surface area contributed by atoms with Crippen molar-refractivity contribution < 1.29 is 27.2 Å². The zero-order valence-corrected chi connectivity index (χ0v) is 13.7. The van der Waals surface area contributed by atoms with Gasteiger partial charge < -0.3 is 16.0 Å². The molecule has 0 aromatic heterocycles. The van der Waals surface area contributed by atoms with Crippen LogP contribution in [-0.4, -0.2) is 23.7 Å². The van der Waals surface area contributed by atoms with Crippen molar-refractivity contribution in [2.45, 2.75) is 31.7 Å². The number of halogens is 4. The van der Waals surface area contributed by atoms with E-state index in [-0.39, 0.29) is 12.0 Å². The summed E-state index contributed by atoms with van der Waals surface area (Å²) in [6, 6.07) is 2.79. The molecule has 1 unspecified atom stereocenters. The van der Waals surface area contributed by atoms with Gasteiger partial charge in [0.2, 0.25) is 11.6 Å². The average molecular weight is 372 g/mol. The molecule has 1 aromatic carbocycles. The molecule has 26 heavy (non-hydrogen) atoms. The highest BCUT2D eigenvalue weighted by atomic mass is 19.4. The lowest BCUT2D eigenvalue weighted by atomic mass is 10.1. The van der Waals surface area contributed by atoms with Gasteiger partial charge in [-0.3, -0.25) is 14.6 Å². The predicted octanol–water partition coefficient (Wildman–Crippen LogP) is 1.83. The van der Waals surface area contributed by atoms with Crippen molar-refractivity contribution in [3.05, 3.63) is 47.5 Å². The van der Waals surface area contributed by atoms with Crippen LogP contribution in [0.4, 0.5) is 17.6 Å². The fourth-order valence-electron chi connectivity index (χ4n) is 2.21. The number of rotatable bonds is 5. The Kier molecular flexibility index (Phi) is 5.63. The van der Waals surface area contributed by atoms with Crippen molar-refractivity contribution in [1.82, 2.24) is 16.0 Å². The number of nitrogens with one attached hydrogen (secondary N) is 3. The first kappa shape index (κ1) is 19.4. The Morgan fingerprint density at radius 2 is 2.04 bits per heavy atom. The molecule has 1 atom stereocenters. The molecule has 10 heteroatoms. The van der Waals surface area contributed by atoms with Gasteiger partial charge >= 0.3 is 6.18 Å². The SMILES string of the molecule is CCC(=O)NC1(C(=O)NCc2cccc(C(F)(F)F)c2F)C=NC=CN1. The summed E-state index contributed by atoms with van der Waals surface area (Å²) in [5, 5.41) is 7.38. The van der Waals surface area contributed by atoms with Crippen LogP contribution in [0.5, 0.6) is 0 Å². The molecular formula is C16H16F4N4O2. The maximum Gasteiger partial charge on any atom is 0.419 e. The molecule has 0 radical (unpaired) electrons. The van der Waals surface area contributed by atoms with E-state index in [0.717, 1.165) is 18.3 Å². The van der Waals surface area contributed by atoms with Crippen molar-refractivity contribution >= 4 is 18.0 Å². The van der Waals surface area contributed by atoms with Crippen molar-refractivity contribution in [1.29, 1.82) is 0 Å². The average Bonchev–Trinajstić information content (AvgIpc) is 2.60. The first-order chi connectivity index (χ1) is 12.2. The summed E-state index contributed by atoms with van der Waals surface area (Å²) >= 11 is 0. The molecular weight excluding hydrogens is 356 g/mol. The van der Waals surface area contributed by atoms with Gasteiger partial charge in [-0.25, -0.2) is 4.39 Å². The fraction of sp³-hybridized carbons (Fsp3) is 0.312. The molecule has 3 N–H and O–H groups in total. The van der Waals surface area contributed by atoms with Gasteiger partial charge in [0.05, 0.1) is 11.8 Å². The summed E-state index contributed by atoms with van der Waals surface area (Å²) in [6.07, 6.45) is -0.950. The molecule has 2 rings (SSSR count). The van der Waals surface area contributed by atoms with E-state index in [1.54, 1.807) is 6.92 Å². The zero-order chi connectivity index (χ0) is 19.4. The van der Waals surface area contributed by atoms with Crippen LogP contribution in [0, 0.1) is 5.82 Å². The quantitative estimate of drug-likeness (QED) is 0.690. The Hall–Kier alpha value is -2.91. The van der Waals surface area contributed by atoms with Crippen molar-refractivity contribution in [2.75, 3.05) is 0 Å². The van der Waals surface area contributed by atoms with Crippen molar-refractivity contribution in [3.63, 3.8) is 0 Å². The normalized spacial score (nSPS) is 19.0. The fourth-order valence-corrected chi connectivity index (χ4v) is 2.21. The number of alkyl halides is 3. The topological polar surface area (TPSA) is 82.6 Å². The van der Waals surface area contributed by atoms with Crippen LogP contribution >= 0.6 is 0 Å². The van der Waals surface area contributed by atoms with Crippen LogP contribution in [0.15, 0.2) is 35.6 Å². The van der Waals surface area contributed by atoms with E-state index in [4.69, 9.17) is 0 Å². The minimum absolute atomic E-state index is 0.0938. The van der Waals surface area contributed by atoms with E-state index >= 15 is 0 Å². The molecule has 0 aliphatic carbocycles. The van der Waals surface area contributed by atoms with E-state index in [1.807, 2.05) is 0 Å². The number of nitrogens with zero attached hydrogens (tertiary/aromatic N) is 1. The van der Waals surface area contributed by atoms with E-state index in [1.165, 1.54) is 12.4 Å². The van der Waals surface area contributed by atoms with Crippen LogP contribution in [0.3, 0.4) is 0 Å². The molecule has 6 nitrogen and oxygen atoms in total. The smallest absolute Gasteiger partial charge is 0.355 e. The largest absolute Gasteiger partial charge is 0.419 e. The minimum atomic E-state index is -4.84. The number of hydrogen-bond donors (Lipinski definition) is 3. The van der Waals surface area contributed by atoms with Gasteiger partial charge in [0, 0.05) is 30.9 Å². The molecule has 0 bridgehead atoms. The van der Waals surface area contributed by atoms with Crippen LogP contribution in [-0.2, 0) is 22.3 Å². The molecule has 0 spiro atoms. The molecule has 1 heterocycles. The van der Waals surface area contributed by atoms with Gasteiger partial charge in [0.1, 0.15) is 5.82 Å². The van der Waals surface area contributed by atoms with E-state index in [2.05, 4.69) is 20.9 Å². The second-order valence-electron chi connectivity index (χ2n) is 5.41. The Bertz CT molecular complexity index is 761. The minimum Gasteiger partial charge on any atom is -0.355 e. The maximum absolute atomic E-state index is 14.0. The number of amides is 2. The third-order valence-corrected chi connectivity index (χ3v) is 3.58. The van der Waals surface area contributed by atoms with E-state index in [9.17, 15) is 27.2 Å². The van der Waals surface area contributed by atoms with Crippen LogP contribution in [0.25, 0.3) is 0 Å². The molecule has 0 saturated carbocycles. The molecule has 1 aliphatic heterocycles. The molecule has 0 fully saturated rings. The highest BCUT2D eigenvalue weighted by Gasteiger charge is 2.39. The maximum atomic E-state index is 14.0. The van der Waals surface area contributed by atoms with Gasteiger partial charge in [-0.15, -0.1) is 0 Å². The third kappa shape index (κ3) is 4.19. The number of aliphatic imine (C=N–C) groups is 1. The first-order valence-electron chi connectivity index (χ1n) is 7.60. The van der Waals surface area contributed by atoms with Crippen LogP contribution < -0.4 is 16.0 Å².